The van der Waals surface area contributed by atoms with Gasteiger partial charge in [0.15, 0.2) is 0 Å². The van der Waals surface area contributed by atoms with E-state index in [1.165, 1.54) is 12.1 Å². The second-order valence-corrected chi connectivity index (χ2v) is 4.59. The van der Waals surface area contributed by atoms with Gasteiger partial charge in [-0.25, -0.2) is 4.39 Å². The Labute approximate surface area is 105 Å². The lowest BCUT2D eigenvalue weighted by Crippen LogP contribution is -2.52. The molecule has 1 amide bonds. The summed E-state index contributed by atoms with van der Waals surface area (Å²) in [6.45, 7) is 4.15. The van der Waals surface area contributed by atoms with E-state index in [2.05, 4.69) is 5.32 Å². The quantitative estimate of drug-likeness (QED) is 0.833. The van der Waals surface area contributed by atoms with Crippen LogP contribution in [0.25, 0.3) is 0 Å². The first-order valence-corrected chi connectivity index (χ1v) is 5.94. The van der Waals surface area contributed by atoms with Gasteiger partial charge in [0.2, 0.25) is 0 Å². The van der Waals surface area contributed by atoms with E-state index in [-0.39, 0.29) is 17.0 Å². The maximum Gasteiger partial charge on any atom is 0.254 e. The first kappa shape index (κ1) is 12.3. The SMILES string of the molecule is C[C@H]1CNCCN1C(=O)c1ccc(Cl)c(F)c1. The van der Waals surface area contributed by atoms with Crippen molar-refractivity contribution < 1.29 is 9.18 Å². The molecule has 1 N–H and O–H groups in total. The van der Waals surface area contributed by atoms with Gasteiger partial charge in [-0.1, -0.05) is 11.6 Å². The molecule has 0 aromatic heterocycles. The number of nitrogens with zero attached hydrogens (tertiary/aromatic N) is 1. The molecule has 2 rings (SSSR count). The van der Waals surface area contributed by atoms with E-state index >= 15 is 0 Å². The van der Waals surface area contributed by atoms with Crippen molar-refractivity contribution in [1.82, 2.24) is 10.2 Å². The minimum absolute atomic E-state index is 0.0370. The maximum absolute atomic E-state index is 13.3. The molecule has 1 fully saturated rings. The molecule has 1 aliphatic heterocycles. The Morgan fingerprint density at radius 2 is 2.35 bits per heavy atom. The summed E-state index contributed by atoms with van der Waals surface area (Å²) in [6, 6.07) is 4.29. The highest BCUT2D eigenvalue weighted by molar-refractivity contribution is 6.30. The van der Waals surface area contributed by atoms with Crippen molar-refractivity contribution in [2.45, 2.75) is 13.0 Å². The standard InChI is InChI=1S/C12H14ClFN2O/c1-8-7-15-4-5-16(8)12(17)9-2-3-10(13)11(14)6-9/h2-3,6,8,15H,4-5,7H2,1H3/t8-/m0/s1. The van der Waals surface area contributed by atoms with E-state index < -0.39 is 5.82 Å². The molecule has 5 heteroatoms. The Morgan fingerprint density at radius 1 is 1.59 bits per heavy atom. The first-order chi connectivity index (χ1) is 8.09. The molecule has 0 spiro atoms. The summed E-state index contributed by atoms with van der Waals surface area (Å²) in [4.78, 5) is 13.9. The Hall–Kier alpha value is -1.13. The van der Waals surface area contributed by atoms with E-state index in [4.69, 9.17) is 11.6 Å². The number of halogens is 2. The van der Waals surface area contributed by atoms with Crippen LogP contribution >= 0.6 is 11.6 Å². The molecule has 1 saturated heterocycles. The third-order valence-electron chi connectivity index (χ3n) is 2.93. The Bertz CT molecular complexity index is 439. The van der Waals surface area contributed by atoms with Gasteiger partial charge in [0.1, 0.15) is 5.82 Å². The zero-order valence-electron chi connectivity index (χ0n) is 9.54. The highest BCUT2D eigenvalue weighted by Gasteiger charge is 2.24. The molecule has 0 saturated carbocycles. The number of nitrogens with one attached hydrogen (secondary N) is 1. The minimum atomic E-state index is -0.555. The molecular weight excluding hydrogens is 243 g/mol. The van der Waals surface area contributed by atoms with E-state index in [0.717, 1.165) is 13.1 Å². The number of amides is 1. The van der Waals surface area contributed by atoms with Crippen LogP contribution in [0.1, 0.15) is 17.3 Å². The highest BCUT2D eigenvalue weighted by Crippen LogP contribution is 2.18. The van der Waals surface area contributed by atoms with Crippen molar-refractivity contribution in [3.05, 3.63) is 34.6 Å². The molecule has 17 heavy (non-hydrogen) atoms. The van der Waals surface area contributed by atoms with Crippen molar-refractivity contribution in [2.24, 2.45) is 0 Å². The zero-order chi connectivity index (χ0) is 12.4. The van der Waals surface area contributed by atoms with Crippen molar-refractivity contribution >= 4 is 17.5 Å². The van der Waals surface area contributed by atoms with Crippen LogP contribution in [-0.4, -0.2) is 36.5 Å². The van der Waals surface area contributed by atoms with Crippen molar-refractivity contribution in [1.29, 1.82) is 0 Å². The van der Waals surface area contributed by atoms with E-state index in [1.807, 2.05) is 6.92 Å². The number of carbonyl (C=O) groups excluding carboxylic acids is 1. The monoisotopic (exact) mass is 256 g/mol. The van der Waals surface area contributed by atoms with Crippen LogP contribution in [-0.2, 0) is 0 Å². The van der Waals surface area contributed by atoms with Crippen LogP contribution in [0, 0.1) is 5.82 Å². The number of rotatable bonds is 1. The largest absolute Gasteiger partial charge is 0.333 e. The van der Waals surface area contributed by atoms with Gasteiger partial charge in [-0.2, -0.15) is 0 Å². The normalized spacial score (nSPS) is 20.4. The fourth-order valence-electron chi connectivity index (χ4n) is 1.94. The second-order valence-electron chi connectivity index (χ2n) is 4.18. The number of carbonyl (C=O) groups is 1. The number of hydrogen-bond donors (Lipinski definition) is 1. The fraction of sp³-hybridized carbons (Fsp3) is 0.417. The summed E-state index contributed by atoms with van der Waals surface area (Å²) in [7, 11) is 0. The summed E-state index contributed by atoms with van der Waals surface area (Å²) >= 11 is 5.59. The Morgan fingerprint density at radius 3 is 3.00 bits per heavy atom. The first-order valence-electron chi connectivity index (χ1n) is 5.56. The molecule has 0 aliphatic carbocycles. The summed E-state index contributed by atoms with van der Waals surface area (Å²) < 4.78 is 13.3. The molecule has 1 atom stereocenters. The second kappa shape index (κ2) is 5.02. The van der Waals surface area contributed by atoms with Crippen molar-refractivity contribution in [2.75, 3.05) is 19.6 Å². The molecule has 1 aromatic carbocycles. The lowest BCUT2D eigenvalue weighted by atomic mass is 10.1. The molecule has 1 aromatic rings. The average Bonchev–Trinajstić information content (AvgIpc) is 2.32. The third kappa shape index (κ3) is 2.58. The highest BCUT2D eigenvalue weighted by atomic mass is 35.5. The van der Waals surface area contributed by atoms with Gasteiger partial charge in [0.05, 0.1) is 5.02 Å². The molecule has 1 heterocycles. The molecule has 92 valence electrons. The molecule has 0 unspecified atom stereocenters. The lowest BCUT2D eigenvalue weighted by molar-refractivity contribution is 0.0655. The Kier molecular flexibility index (Phi) is 3.64. The van der Waals surface area contributed by atoms with E-state index in [9.17, 15) is 9.18 Å². The third-order valence-corrected chi connectivity index (χ3v) is 3.24. The smallest absolute Gasteiger partial charge is 0.254 e. The maximum atomic E-state index is 13.3. The predicted octanol–water partition coefficient (Wildman–Crippen LogP) is 1.91. The van der Waals surface area contributed by atoms with E-state index in [0.29, 0.717) is 12.1 Å². The average molecular weight is 257 g/mol. The summed E-state index contributed by atoms with van der Waals surface area (Å²) in [5.74, 6) is -0.699. The van der Waals surface area contributed by atoms with Crippen molar-refractivity contribution in [3.8, 4) is 0 Å². The van der Waals surface area contributed by atoms with Gasteiger partial charge in [-0.3, -0.25) is 4.79 Å². The molecule has 1 aliphatic rings. The van der Waals surface area contributed by atoms with Gasteiger partial charge in [0, 0.05) is 31.2 Å². The molecular formula is C12H14ClFN2O. The number of hydrogen-bond acceptors (Lipinski definition) is 2. The van der Waals surface area contributed by atoms with Crippen LogP contribution in [0.15, 0.2) is 18.2 Å². The van der Waals surface area contributed by atoms with E-state index in [1.54, 1.807) is 11.0 Å². The van der Waals surface area contributed by atoms with Crippen LogP contribution in [0.5, 0.6) is 0 Å². The summed E-state index contributed by atoms with van der Waals surface area (Å²) in [5, 5.41) is 3.24. The minimum Gasteiger partial charge on any atom is -0.333 e. The predicted molar refractivity (Wildman–Crippen MR) is 64.8 cm³/mol. The van der Waals surface area contributed by atoms with Gasteiger partial charge in [0.25, 0.3) is 5.91 Å². The zero-order valence-corrected chi connectivity index (χ0v) is 10.3. The fourth-order valence-corrected chi connectivity index (χ4v) is 2.06. The van der Waals surface area contributed by atoms with Crippen LogP contribution in [0.2, 0.25) is 5.02 Å². The van der Waals surface area contributed by atoms with Gasteiger partial charge >= 0.3 is 0 Å². The molecule has 0 bridgehead atoms. The Balaban J connectivity index is 2.21. The van der Waals surface area contributed by atoms with Crippen LogP contribution < -0.4 is 5.32 Å². The molecule has 3 nitrogen and oxygen atoms in total. The van der Waals surface area contributed by atoms with Crippen LogP contribution in [0.4, 0.5) is 4.39 Å². The van der Waals surface area contributed by atoms with Gasteiger partial charge in [-0.05, 0) is 25.1 Å². The number of benzene rings is 1. The molecule has 0 radical (unpaired) electrons. The van der Waals surface area contributed by atoms with Crippen molar-refractivity contribution in [3.63, 3.8) is 0 Å². The number of piperazine rings is 1. The topological polar surface area (TPSA) is 32.3 Å². The van der Waals surface area contributed by atoms with Gasteiger partial charge in [-0.15, -0.1) is 0 Å². The lowest BCUT2D eigenvalue weighted by Gasteiger charge is -2.34. The van der Waals surface area contributed by atoms with Gasteiger partial charge < -0.3 is 10.2 Å². The van der Waals surface area contributed by atoms with Crippen LogP contribution in [0.3, 0.4) is 0 Å². The summed E-state index contributed by atoms with van der Waals surface area (Å²) in [6.07, 6.45) is 0. The summed E-state index contributed by atoms with van der Waals surface area (Å²) in [5.41, 5.74) is 0.348.